The van der Waals surface area contributed by atoms with Gasteiger partial charge in [0.2, 0.25) is 0 Å². The van der Waals surface area contributed by atoms with Crippen LogP contribution in [0.3, 0.4) is 0 Å². The Bertz CT molecular complexity index is 477. The van der Waals surface area contributed by atoms with Crippen LogP contribution in [0.5, 0.6) is 5.75 Å². The van der Waals surface area contributed by atoms with Gasteiger partial charge in [-0.15, -0.1) is 0 Å². The molecule has 0 fully saturated rings. The fourth-order valence-corrected chi connectivity index (χ4v) is 2.58. The van der Waals surface area contributed by atoms with Gasteiger partial charge >= 0.3 is 5.97 Å². The molecule has 3 heteroatoms. The first kappa shape index (κ1) is 21.3. The molecule has 0 amide bonds. The zero-order valence-electron chi connectivity index (χ0n) is 16.0. The predicted octanol–water partition coefficient (Wildman–Crippen LogP) is 6.22. The Morgan fingerprint density at radius 1 is 0.920 bits per heavy atom. The molecular weight excluding hydrogens is 312 g/mol. The van der Waals surface area contributed by atoms with Gasteiger partial charge in [0.25, 0.3) is 0 Å². The van der Waals surface area contributed by atoms with Gasteiger partial charge in [0.15, 0.2) is 0 Å². The fraction of sp³-hybridized carbons (Fsp3) is 0.591. The molecule has 0 N–H and O–H groups in total. The molecular formula is C22H34O3. The first-order valence-electron chi connectivity index (χ1n) is 9.69. The van der Waals surface area contributed by atoms with Gasteiger partial charge in [0.1, 0.15) is 12.4 Å². The molecule has 1 aromatic carbocycles. The quantitative estimate of drug-likeness (QED) is 0.228. The van der Waals surface area contributed by atoms with Gasteiger partial charge in [0.05, 0.1) is 7.11 Å². The van der Waals surface area contributed by atoms with Crippen molar-refractivity contribution in [3.8, 4) is 5.75 Å². The van der Waals surface area contributed by atoms with Crippen molar-refractivity contribution in [2.75, 3.05) is 7.11 Å². The van der Waals surface area contributed by atoms with Crippen LogP contribution in [0.2, 0.25) is 0 Å². The summed E-state index contributed by atoms with van der Waals surface area (Å²) in [5.41, 5.74) is 0.987. The zero-order chi connectivity index (χ0) is 18.2. The Labute approximate surface area is 153 Å². The molecule has 0 saturated heterocycles. The van der Waals surface area contributed by atoms with Crippen molar-refractivity contribution in [1.82, 2.24) is 0 Å². The number of unbranched alkanes of at least 4 members (excludes halogenated alkanes) is 7. The molecule has 0 bridgehead atoms. The van der Waals surface area contributed by atoms with E-state index in [1.165, 1.54) is 44.9 Å². The number of benzene rings is 1. The number of ether oxygens (including phenoxy) is 2. The minimum absolute atomic E-state index is 0.102. The summed E-state index contributed by atoms with van der Waals surface area (Å²) in [4.78, 5) is 11.7. The Hall–Kier alpha value is -1.77. The number of carbonyl (C=O) groups excluding carboxylic acids is 1. The van der Waals surface area contributed by atoms with Crippen LogP contribution < -0.4 is 4.74 Å². The summed E-state index contributed by atoms with van der Waals surface area (Å²) in [6, 6.07) is 7.59. The summed E-state index contributed by atoms with van der Waals surface area (Å²) >= 11 is 0. The molecule has 0 spiro atoms. The van der Waals surface area contributed by atoms with Crippen LogP contribution in [-0.4, -0.2) is 13.1 Å². The van der Waals surface area contributed by atoms with Crippen LogP contribution in [0.25, 0.3) is 0 Å². The molecule has 0 atom stereocenters. The highest BCUT2D eigenvalue weighted by Crippen LogP contribution is 2.13. The third-order valence-corrected chi connectivity index (χ3v) is 4.20. The average molecular weight is 347 g/mol. The average Bonchev–Trinajstić information content (AvgIpc) is 2.65. The number of methoxy groups -OCH3 is 1. The maximum atomic E-state index is 11.7. The first-order valence-corrected chi connectivity index (χ1v) is 9.69. The van der Waals surface area contributed by atoms with E-state index in [9.17, 15) is 4.79 Å². The molecule has 3 nitrogen and oxygen atoms in total. The summed E-state index contributed by atoms with van der Waals surface area (Å²) in [5, 5.41) is 0. The van der Waals surface area contributed by atoms with Crippen molar-refractivity contribution in [3.63, 3.8) is 0 Å². The molecule has 0 radical (unpaired) electrons. The van der Waals surface area contributed by atoms with Crippen molar-refractivity contribution in [2.45, 2.75) is 77.7 Å². The molecule has 0 unspecified atom stereocenters. The van der Waals surface area contributed by atoms with Crippen LogP contribution in [0.4, 0.5) is 0 Å². The van der Waals surface area contributed by atoms with Crippen molar-refractivity contribution in [3.05, 3.63) is 42.0 Å². The normalized spacial score (nSPS) is 11.0. The highest BCUT2D eigenvalue weighted by Gasteiger charge is 2.03. The minimum Gasteiger partial charge on any atom is -0.497 e. The summed E-state index contributed by atoms with van der Waals surface area (Å²) in [6.45, 7) is 2.57. The molecule has 1 rings (SSSR count). The monoisotopic (exact) mass is 346 g/mol. The first-order chi connectivity index (χ1) is 12.3. The number of hydrogen-bond donors (Lipinski definition) is 0. The van der Waals surface area contributed by atoms with Gasteiger partial charge in [0, 0.05) is 6.42 Å². The van der Waals surface area contributed by atoms with Crippen LogP contribution in [0.1, 0.15) is 76.7 Å². The molecule has 0 heterocycles. The maximum absolute atomic E-state index is 11.7. The van der Waals surface area contributed by atoms with Crippen LogP contribution in [0, 0.1) is 0 Å². The van der Waals surface area contributed by atoms with E-state index >= 15 is 0 Å². The smallest absolute Gasteiger partial charge is 0.306 e. The molecule has 0 aromatic heterocycles. The lowest BCUT2D eigenvalue weighted by molar-refractivity contribution is -0.145. The Balaban J connectivity index is 1.95. The molecule has 0 saturated carbocycles. The molecule has 0 aliphatic heterocycles. The van der Waals surface area contributed by atoms with E-state index in [2.05, 4.69) is 19.1 Å². The highest BCUT2D eigenvalue weighted by molar-refractivity contribution is 5.69. The number of esters is 1. The van der Waals surface area contributed by atoms with Gasteiger partial charge in [-0.25, -0.2) is 0 Å². The predicted molar refractivity (Wildman–Crippen MR) is 104 cm³/mol. The number of rotatable bonds is 14. The standard InChI is InChI=1S/C22H34O3/c1-3-4-5-6-7-8-9-10-11-12-13-14-22(23)25-19-20-15-17-21(24-2)18-16-20/h6-7,15-18H,3-5,8-14,19H2,1-2H3/b7-6-. The molecule has 0 aliphatic carbocycles. The lowest BCUT2D eigenvalue weighted by Crippen LogP contribution is -2.04. The lowest BCUT2D eigenvalue weighted by atomic mass is 10.1. The number of hydrogen-bond acceptors (Lipinski definition) is 3. The van der Waals surface area contributed by atoms with E-state index in [1.807, 2.05) is 24.3 Å². The van der Waals surface area contributed by atoms with Crippen molar-refractivity contribution >= 4 is 5.97 Å². The second kappa shape index (κ2) is 14.6. The molecule has 25 heavy (non-hydrogen) atoms. The van der Waals surface area contributed by atoms with Gasteiger partial charge in [-0.05, 0) is 43.4 Å². The van der Waals surface area contributed by atoms with E-state index in [1.54, 1.807) is 7.11 Å². The Kier molecular flexibility index (Phi) is 12.4. The third-order valence-electron chi connectivity index (χ3n) is 4.20. The topological polar surface area (TPSA) is 35.5 Å². The van der Waals surface area contributed by atoms with E-state index in [-0.39, 0.29) is 5.97 Å². The van der Waals surface area contributed by atoms with Crippen LogP contribution >= 0.6 is 0 Å². The maximum Gasteiger partial charge on any atom is 0.306 e. The van der Waals surface area contributed by atoms with E-state index in [0.717, 1.165) is 24.2 Å². The van der Waals surface area contributed by atoms with E-state index in [4.69, 9.17) is 9.47 Å². The number of carbonyl (C=O) groups is 1. The molecule has 1 aromatic rings. The minimum atomic E-state index is -0.102. The van der Waals surface area contributed by atoms with Crippen molar-refractivity contribution in [1.29, 1.82) is 0 Å². The van der Waals surface area contributed by atoms with Crippen LogP contribution in [-0.2, 0) is 16.1 Å². The van der Waals surface area contributed by atoms with Gasteiger partial charge in [-0.1, -0.05) is 63.3 Å². The van der Waals surface area contributed by atoms with Crippen molar-refractivity contribution in [2.24, 2.45) is 0 Å². The third kappa shape index (κ3) is 11.4. The lowest BCUT2D eigenvalue weighted by Gasteiger charge is -2.06. The van der Waals surface area contributed by atoms with E-state index < -0.39 is 0 Å². The van der Waals surface area contributed by atoms with Crippen LogP contribution in [0.15, 0.2) is 36.4 Å². The second-order valence-corrected chi connectivity index (χ2v) is 6.43. The number of allylic oxidation sites excluding steroid dienone is 2. The summed E-state index contributed by atoms with van der Waals surface area (Å²) in [5.74, 6) is 0.709. The zero-order valence-corrected chi connectivity index (χ0v) is 16.0. The Morgan fingerprint density at radius 2 is 1.56 bits per heavy atom. The molecule has 140 valence electrons. The van der Waals surface area contributed by atoms with Gasteiger partial charge < -0.3 is 9.47 Å². The molecule has 0 aliphatic rings. The SMILES string of the molecule is CCCC/C=C\CCCCCCCC(=O)OCc1ccc(OC)cc1. The summed E-state index contributed by atoms with van der Waals surface area (Å²) in [6.07, 6.45) is 15.9. The van der Waals surface area contributed by atoms with Gasteiger partial charge in [-0.3, -0.25) is 4.79 Å². The highest BCUT2D eigenvalue weighted by atomic mass is 16.5. The summed E-state index contributed by atoms with van der Waals surface area (Å²) < 4.78 is 10.4. The second-order valence-electron chi connectivity index (χ2n) is 6.43. The van der Waals surface area contributed by atoms with Crippen molar-refractivity contribution < 1.29 is 14.3 Å². The summed E-state index contributed by atoms with van der Waals surface area (Å²) in [7, 11) is 1.64. The fourth-order valence-electron chi connectivity index (χ4n) is 2.58. The Morgan fingerprint density at radius 3 is 2.24 bits per heavy atom. The van der Waals surface area contributed by atoms with E-state index in [0.29, 0.717) is 13.0 Å². The van der Waals surface area contributed by atoms with Gasteiger partial charge in [-0.2, -0.15) is 0 Å². The largest absolute Gasteiger partial charge is 0.497 e.